The number of hydrogen-bond donors (Lipinski definition) is 6. The number of amides is 1. The molecule has 6 N–H and O–H groups in total. The van der Waals surface area contributed by atoms with E-state index < -0.39 is 30.5 Å². The summed E-state index contributed by atoms with van der Waals surface area (Å²) in [6, 6.07) is -0.632. The average Bonchev–Trinajstić information content (AvgIpc) is 3.42. The van der Waals surface area contributed by atoms with Gasteiger partial charge in [0, 0.05) is 12.8 Å². The zero-order valence-corrected chi connectivity index (χ0v) is 50.8. The fourth-order valence-electron chi connectivity index (χ4n) is 10.3. The molecular weight excluding hydrogens is 959 g/mol. The van der Waals surface area contributed by atoms with Crippen molar-refractivity contribution in [2.75, 3.05) is 13.2 Å². The topological polar surface area (TPSA) is 157 Å². The molecule has 0 rings (SSSR count). The van der Waals surface area contributed by atoms with Gasteiger partial charge in [0.25, 0.3) is 0 Å². The van der Waals surface area contributed by atoms with Crippen LogP contribution in [-0.4, -0.2) is 81.1 Å². The van der Waals surface area contributed by atoms with E-state index in [0.29, 0.717) is 32.3 Å². The number of ether oxygens (including phenoxy) is 1. The molecule has 0 aromatic carbocycles. The maximum absolute atomic E-state index is 12.5. The summed E-state index contributed by atoms with van der Waals surface area (Å²) < 4.78 is 5.44. The van der Waals surface area contributed by atoms with E-state index in [0.717, 1.165) is 89.9 Å². The lowest BCUT2D eigenvalue weighted by Crippen LogP contribution is -2.45. The number of unbranched alkanes of at least 4 members (excludes halogenated alkanes) is 42. The SMILES string of the molecule is CCCCCCCCCCCCC/C=C/[C@@H](O)[C@H](CO)NC(=O)CCCCCCCCCCCCCCCCCCCC/C=C\CCCCCCCCCOC(=O)CCCCCCC[C@@H](O)[C@@H](O)/C=C/[C@H](O)CCCCC. The monoisotopic (exact) mass is 1090 g/mol. The molecule has 0 fully saturated rings. The van der Waals surface area contributed by atoms with Crippen LogP contribution in [0, 0.1) is 0 Å². The molecule has 0 aliphatic carbocycles. The fourth-order valence-corrected chi connectivity index (χ4v) is 10.3. The number of aliphatic hydroxyl groups excluding tert-OH is 5. The minimum Gasteiger partial charge on any atom is -0.466 e. The molecule has 0 spiro atoms. The highest BCUT2D eigenvalue weighted by atomic mass is 16.5. The van der Waals surface area contributed by atoms with Crippen LogP contribution in [0.4, 0.5) is 0 Å². The van der Waals surface area contributed by atoms with E-state index in [1.54, 1.807) is 12.2 Å². The minimum absolute atomic E-state index is 0.0713. The molecule has 77 heavy (non-hydrogen) atoms. The van der Waals surface area contributed by atoms with Crippen molar-refractivity contribution in [3.05, 3.63) is 36.5 Å². The average molecular weight is 1090 g/mol. The van der Waals surface area contributed by atoms with Crippen molar-refractivity contribution in [1.29, 1.82) is 0 Å². The largest absolute Gasteiger partial charge is 0.466 e. The van der Waals surface area contributed by atoms with Crippen molar-refractivity contribution in [3.63, 3.8) is 0 Å². The second-order valence-corrected chi connectivity index (χ2v) is 23.3. The third-order valence-electron chi connectivity index (χ3n) is 15.6. The molecule has 0 saturated carbocycles. The Morgan fingerprint density at radius 3 is 1.21 bits per heavy atom. The van der Waals surface area contributed by atoms with Gasteiger partial charge in [0.15, 0.2) is 0 Å². The molecule has 1 amide bonds. The molecule has 9 heteroatoms. The first kappa shape index (κ1) is 75.0. The number of aliphatic hydroxyl groups is 5. The molecule has 5 atom stereocenters. The number of carbonyl (C=O) groups excluding carboxylic acids is 2. The highest BCUT2D eigenvalue weighted by Crippen LogP contribution is 2.18. The summed E-state index contributed by atoms with van der Waals surface area (Å²) in [5, 5.41) is 53.4. The predicted octanol–water partition coefficient (Wildman–Crippen LogP) is 18.1. The first-order chi connectivity index (χ1) is 37.7. The number of rotatable bonds is 62. The van der Waals surface area contributed by atoms with Crippen LogP contribution in [0.25, 0.3) is 0 Å². The molecular formula is C68H129NO8. The Morgan fingerprint density at radius 1 is 0.390 bits per heavy atom. The second kappa shape index (κ2) is 61.6. The van der Waals surface area contributed by atoms with Gasteiger partial charge in [-0.05, 0) is 70.6 Å². The summed E-state index contributed by atoms with van der Waals surface area (Å²) in [6.07, 6.45) is 68.3. The van der Waals surface area contributed by atoms with E-state index in [4.69, 9.17) is 4.74 Å². The molecule has 0 unspecified atom stereocenters. The van der Waals surface area contributed by atoms with Crippen LogP contribution in [0.2, 0.25) is 0 Å². The molecule has 454 valence electrons. The number of nitrogens with one attached hydrogen (secondary N) is 1. The second-order valence-electron chi connectivity index (χ2n) is 23.3. The van der Waals surface area contributed by atoms with Crippen LogP contribution in [0.3, 0.4) is 0 Å². The Balaban J connectivity index is 3.43. The molecule has 0 aromatic heterocycles. The van der Waals surface area contributed by atoms with Crippen LogP contribution in [0.1, 0.15) is 341 Å². The highest BCUT2D eigenvalue weighted by Gasteiger charge is 2.18. The number of hydrogen-bond acceptors (Lipinski definition) is 8. The van der Waals surface area contributed by atoms with Crippen molar-refractivity contribution in [3.8, 4) is 0 Å². The van der Waals surface area contributed by atoms with E-state index in [2.05, 4.69) is 31.3 Å². The fraction of sp³-hybridized carbons (Fsp3) is 0.882. The van der Waals surface area contributed by atoms with Crippen molar-refractivity contribution >= 4 is 11.9 Å². The molecule has 9 nitrogen and oxygen atoms in total. The summed E-state index contributed by atoms with van der Waals surface area (Å²) in [6.45, 7) is 4.67. The molecule has 0 saturated heterocycles. The van der Waals surface area contributed by atoms with Crippen LogP contribution in [0.5, 0.6) is 0 Å². The van der Waals surface area contributed by atoms with Crippen LogP contribution < -0.4 is 5.32 Å². The van der Waals surface area contributed by atoms with Gasteiger partial charge in [-0.1, -0.05) is 294 Å². The molecule has 0 aliphatic heterocycles. The van der Waals surface area contributed by atoms with Crippen LogP contribution >= 0.6 is 0 Å². The van der Waals surface area contributed by atoms with Gasteiger partial charge in [-0.3, -0.25) is 9.59 Å². The van der Waals surface area contributed by atoms with E-state index in [1.165, 1.54) is 218 Å². The first-order valence-electron chi connectivity index (χ1n) is 33.5. The summed E-state index contributed by atoms with van der Waals surface area (Å²) in [5.74, 6) is -0.159. The Kier molecular flexibility index (Phi) is 59.9. The lowest BCUT2D eigenvalue weighted by molar-refractivity contribution is -0.143. The zero-order valence-electron chi connectivity index (χ0n) is 50.8. The maximum atomic E-state index is 12.5. The molecule has 0 aliphatic rings. The van der Waals surface area contributed by atoms with Gasteiger partial charge < -0.3 is 35.6 Å². The zero-order chi connectivity index (χ0) is 56.2. The molecule has 0 radical (unpaired) electrons. The number of carbonyl (C=O) groups is 2. The normalized spacial score (nSPS) is 14.0. The Hall–Kier alpha value is -2.04. The van der Waals surface area contributed by atoms with E-state index in [-0.39, 0.29) is 18.5 Å². The predicted molar refractivity (Wildman–Crippen MR) is 328 cm³/mol. The van der Waals surface area contributed by atoms with Gasteiger partial charge >= 0.3 is 5.97 Å². The van der Waals surface area contributed by atoms with Crippen LogP contribution in [-0.2, 0) is 14.3 Å². The van der Waals surface area contributed by atoms with Crippen molar-refractivity contribution in [2.24, 2.45) is 0 Å². The minimum atomic E-state index is -0.943. The lowest BCUT2D eigenvalue weighted by Gasteiger charge is -2.20. The highest BCUT2D eigenvalue weighted by molar-refractivity contribution is 5.76. The summed E-state index contributed by atoms with van der Waals surface area (Å²) in [5.41, 5.74) is 0. The summed E-state index contributed by atoms with van der Waals surface area (Å²) in [4.78, 5) is 24.5. The molecule has 0 bridgehead atoms. The summed E-state index contributed by atoms with van der Waals surface area (Å²) in [7, 11) is 0. The molecule has 0 aromatic rings. The summed E-state index contributed by atoms with van der Waals surface area (Å²) >= 11 is 0. The maximum Gasteiger partial charge on any atom is 0.305 e. The Bertz CT molecular complexity index is 1300. The van der Waals surface area contributed by atoms with Gasteiger partial charge in [-0.25, -0.2) is 0 Å². The van der Waals surface area contributed by atoms with E-state index >= 15 is 0 Å². The Morgan fingerprint density at radius 2 is 0.753 bits per heavy atom. The molecule has 0 heterocycles. The van der Waals surface area contributed by atoms with E-state index in [1.807, 2.05) is 6.08 Å². The van der Waals surface area contributed by atoms with Crippen molar-refractivity contribution < 1.29 is 39.9 Å². The van der Waals surface area contributed by atoms with E-state index in [9.17, 15) is 35.1 Å². The van der Waals surface area contributed by atoms with Crippen molar-refractivity contribution in [1.82, 2.24) is 5.32 Å². The third kappa shape index (κ3) is 57.0. The standard InChI is InChI=1S/C68H129NO8/c1-3-5-7-8-9-10-11-29-32-35-38-42-48-54-64(72)63(61-70)69-67(75)56-50-44-39-36-33-30-27-25-23-21-19-17-15-13-12-14-16-18-20-22-24-26-28-31-34-37-40-46-52-60-77-68(76)57-51-45-41-43-49-55-65(73)66(74)59-58-62(71)53-47-6-4-2/h22,24,48,54,58-59,62-66,70-74H,3-21,23,25-47,49-53,55-57,60-61H2,1-2H3,(H,69,75)/b24-22-,54-48+,59-58+/t62-,63+,64-,65-,66+/m1/s1. The van der Waals surface area contributed by atoms with Crippen molar-refractivity contribution in [2.45, 2.75) is 372 Å². The Labute approximate surface area is 476 Å². The van der Waals surface area contributed by atoms with Gasteiger partial charge in [-0.2, -0.15) is 0 Å². The smallest absolute Gasteiger partial charge is 0.305 e. The van der Waals surface area contributed by atoms with Gasteiger partial charge in [-0.15, -0.1) is 0 Å². The van der Waals surface area contributed by atoms with Gasteiger partial charge in [0.1, 0.15) is 0 Å². The van der Waals surface area contributed by atoms with Gasteiger partial charge in [0.2, 0.25) is 5.91 Å². The third-order valence-corrected chi connectivity index (χ3v) is 15.6. The lowest BCUT2D eigenvalue weighted by atomic mass is 10.0. The first-order valence-corrected chi connectivity index (χ1v) is 33.5. The van der Waals surface area contributed by atoms with Gasteiger partial charge in [0.05, 0.1) is 43.7 Å². The van der Waals surface area contributed by atoms with Crippen LogP contribution in [0.15, 0.2) is 36.5 Å². The number of allylic oxidation sites excluding steroid dienone is 3. The quantitative estimate of drug-likeness (QED) is 0.0200. The number of esters is 1.